The van der Waals surface area contributed by atoms with Crippen LogP contribution in [-0.4, -0.2) is 21.3 Å². The summed E-state index contributed by atoms with van der Waals surface area (Å²) in [4.78, 5) is 4.27. The van der Waals surface area contributed by atoms with E-state index in [1.807, 2.05) is 18.5 Å². The normalized spacial score (nSPS) is 22.0. The van der Waals surface area contributed by atoms with Crippen molar-refractivity contribution in [2.24, 2.45) is 12.5 Å². The number of hydrogen-bond donors (Lipinski definition) is 1. The Morgan fingerprint density at radius 2 is 1.94 bits per heavy atom. The summed E-state index contributed by atoms with van der Waals surface area (Å²) in [7, 11) is 1.92. The molecule has 0 unspecified atom stereocenters. The lowest BCUT2D eigenvalue weighted by atomic mass is 9.70. The molecule has 0 aliphatic heterocycles. The van der Waals surface area contributed by atoms with Gasteiger partial charge in [-0.25, -0.2) is 0 Å². The van der Waals surface area contributed by atoms with E-state index in [1.165, 1.54) is 0 Å². The molecule has 0 spiro atoms. The van der Waals surface area contributed by atoms with Crippen LogP contribution < -0.4 is 0 Å². The molecule has 1 aromatic rings. The predicted octanol–water partition coefficient (Wildman–Crippen LogP) is 2.96. The zero-order chi connectivity index (χ0) is 13.4. The minimum absolute atomic E-state index is 0.0800. The lowest BCUT2D eigenvalue weighted by Crippen LogP contribution is -2.39. The third kappa shape index (κ3) is 2.39. The number of aromatic hydroxyl groups is 1. The molecule has 0 radical (unpaired) electrons. The van der Waals surface area contributed by atoms with Gasteiger partial charge in [-0.1, -0.05) is 13.8 Å². The molecule has 1 N–H and O–H groups in total. The van der Waals surface area contributed by atoms with Gasteiger partial charge in [0.1, 0.15) is 11.4 Å². The summed E-state index contributed by atoms with van der Waals surface area (Å²) < 4.78 is 7.94. The van der Waals surface area contributed by atoms with Crippen molar-refractivity contribution < 1.29 is 9.84 Å². The number of nitrogens with zero attached hydrogens (tertiary/aromatic N) is 2. The van der Waals surface area contributed by atoms with Crippen molar-refractivity contribution >= 4 is 0 Å². The van der Waals surface area contributed by atoms with Crippen molar-refractivity contribution in [3.8, 4) is 5.88 Å². The molecule has 1 aromatic heterocycles. The molecule has 0 amide bonds. The Hall–Kier alpha value is -1.03. The fraction of sp³-hybridized carbons (Fsp3) is 0.786. The van der Waals surface area contributed by atoms with Crippen molar-refractivity contribution in [3.05, 3.63) is 12.0 Å². The van der Waals surface area contributed by atoms with Crippen LogP contribution in [0.3, 0.4) is 0 Å². The SMILES string of the molecule is CCOC1(c2nc(O)cn2C)CCC(C)(C)CC1. The molecule has 102 valence electrons. The highest BCUT2D eigenvalue weighted by atomic mass is 16.5. The van der Waals surface area contributed by atoms with Crippen LogP contribution in [0.5, 0.6) is 5.88 Å². The Labute approximate surface area is 109 Å². The fourth-order valence-electron chi connectivity index (χ4n) is 2.91. The third-order valence-corrected chi connectivity index (χ3v) is 4.10. The zero-order valence-electron chi connectivity index (χ0n) is 11.9. The standard InChI is InChI=1S/C14H24N2O2/c1-5-18-14(8-6-13(2,3)7-9-14)12-15-11(17)10-16(12)4/h10,17H,5-9H2,1-4H3. The second-order valence-corrected chi connectivity index (χ2v) is 6.13. The topological polar surface area (TPSA) is 47.3 Å². The third-order valence-electron chi connectivity index (χ3n) is 4.10. The molecule has 2 rings (SSSR count). The Balaban J connectivity index is 2.31. The van der Waals surface area contributed by atoms with Gasteiger partial charge in [-0.3, -0.25) is 0 Å². The van der Waals surface area contributed by atoms with E-state index >= 15 is 0 Å². The van der Waals surface area contributed by atoms with E-state index in [1.54, 1.807) is 6.20 Å². The quantitative estimate of drug-likeness (QED) is 0.899. The summed E-state index contributed by atoms with van der Waals surface area (Å²) in [6.45, 7) is 7.30. The minimum Gasteiger partial charge on any atom is -0.492 e. The molecule has 0 aromatic carbocycles. The minimum atomic E-state index is -0.319. The molecular formula is C14H24N2O2. The highest BCUT2D eigenvalue weighted by Gasteiger charge is 2.43. The average molecular weight is 252 g/mol. The number of aromatic nitrogens is 2. The Bertz CT molecular complexity index is 413. The van der Waals surface area contributed by atoms with E-state index in [0.29, 0.717) is 12.0 Å². The van der Waals surface area contributed by atoms with E-state index in [-0.39, 0.29) is 11.5 Å². The van der Waals surface area contributed by atoms with Crippen LogP contribution in [0.1, 0.15) is 52.3 Å². The largest absolute Gasteiger partial charge is 0.492 e. The molecule has 0 bridgehead atoms. The molecule has 1 aliphatic rings. The monoisotopic (exact) mass is 252 g/mol. The van der Waals surface area contributed by atoms with Crippen molar-refractivity contribution in [2.75, 3.05) is 6.61 Å². The molecule has 4 heteroatoms. The first-order valence-corrected chi connectivity index (χ1v) is 6.75. The lowest BCUT2D eigenvalue weighted by Gasteiger charge is -2.42. The fourth-order valence-corrected chi connectivity index (χ4v) is 2.91. The van der Waals surface area contributed by atoms with Gasteiger partial charge >= 0.3 is 0 Å². The van der Waals surface area contributed by atoms with E-state index in [2.05, 4.69) is 18.8 Å². The second-order valence-electron chi connectivity index (χ2n) is 6.13. The summed E-state index contributed by atoms with van der Waals surface area (Å²) in [5, 5.41) is 9.56. The van der Waals surface area contributed by atoms with Gasteiger partial charge in [0.2, 0.25) is 5.88 Å². The van der Waals surface area contributed by atoms with Gasteiger partial charge in [-0.05, 0) is 38.0 Å². The van der Waals surface area contributed by atoms with E-state index < -0.39 is 0 Å². The van der Waals surface area contributed by atoms with Crippen LogP contribution in [0, 0.1) is 5.41 Å². The number of hydrogen-bond acceptors (Lipinski definition) is 3. The van der Waals surface area contributed by atoms with Gasteiger partial charge in [0.15, 0.2) is 0 Å². The molecule has 1 aliphatic carbocycles. The molecule has 18 heavy (non-hydrogen) atoms. The number of imidazole rings is 1. The van der Waals surface area contributed by atoms with Gasteiger partial charge in [0.25, 0.3) is 0 Å². The van der Waals surface area contributed by atoms with Crippen LogP contribution in [-0.2, 0) is 17.4 Å². The smallest absolute Gasteiger partial charge is 0.229 e. The zero-order valence-corrected chi connectivity index (χ0v) is 11.9. The summed E-state index contributed by atoms with van der Waals surface area (Å²) >= 11 is 0. The molecular weight excluding hydrogens is 228 g/mol. The number of aryl methyl sites for hydroxylation is 1. The van der Waals surface area contributed by atoms with Crippen LogP contribution in [0.15, 0.2) is 6.20 Å². The average Bonchev–Trinajstić information content (AvgIpc) is 2.62. The highest BCUT2D eigenvalue weighted by molar-refractivity contribution is 5.15. The van der Waals surface area contributed by atoms with Crippen molar-refractivity contribution in [2.45, 2.75) is 52.1 Å². The maximum Gasteiger partial charge on any atom is 0.229 e. The van der Waals surface area contributed by atoms with Crippen LogP contribution in [0.25, 0.3) is 0 Å². The lowest BCUT2D eigenvalue weighted by molar-refractivity contribution is -0.0963. The van der Waals surface area contributed by atoms with Gasteiger partial charge in [-0.15, -0.1) is 0 Å². The number of ether oxygens (including phenoxy) is 1. The van der Waals surface area contributed by atoms with Gasteiger partial charge in [-0.2, -0.15) is 4.98 Å². The number of rotatable bonds is 3. The summed E-state index contributed by atoms with van der Waals surface area (Å²) in [5.41, 5.74) is 0.0633. The molecule has 1 heterocycles. The first kappa shape index (κ1) is 13.4. The van der Waals surface area contributed by atoms with E-state index in [0.717, 1.165) is 31.5 Å². The van der Waals surface area contributed by atoms with Crippen molar-refractivity contribution in [1.82, 2.24) is 9.55 Å². The highest BCUT2D eigenvalue weighted by Crippen LogP contribution is 2.47. The first-order chi connectivity index (χ1) is 8.38. The maximum atomic E-state index is 9.56. The molecule has 1 saturated carbocycles. The molecule has 4 nitrogen and oxygen atoms in total. The van der Waals surface area contributed by atoms with E-state index in [9.17, 15) is 5.11 Å². The Morgan fingerprint density at radius 3 is 2.39 bits per heavy atom. The van der Waals surface area contributed by atoms with Crippen LogP contribution >= 0.6 is 0 Å². The van der Waals surface area contributed by atoms with Crippen LogP contribution in [0.4, 0.5) is 0 Å². The Morgan fingerprint density at radius 1 is 1.33 bits per heavy atom. The molecule has 1 fully saturated rings. The summed E-state index contributed by atoms with van der Waals surface area (Å²) in [5.74, 6) is 0.939. The van der Waals surface area contributed by atoms with Gasteiger partial charge in [0.05, 0.1) is 6.20 Å². The first-order valence-electron chi connectivity index (χ1n) is 6.75. The predicted molar refractivity (Wildman–Crippen MR) is 70.4 cm³/mol. The van der Waals surface area contributed by atoms with Crippen LogP contribution in [0.2, 0.25) is 0 Å². The summed E-state index contributed by atoms with van der Waals surface area (Å²) in [6.07, 6.45) is 5.84. The summed E-state index contributed by atoms with van der Waals surface area (Å²) in [6, 6.07) is 0. The van der Waals surface area contributed by atoms with Crippen molar-refractivity contribution in [3.63, 3.8) is 0 Å². The van der Waals surface area contributed by atoms with E-state index in [4.69, 9.17) is 4.74 Å². The maximum absolute atomic E-state index is 9.56. The molecule has 0 atom stereocenters. The Kier molecular flexibility index (Phi) is 3.41. The van der Waals surface area contributed by atoms with Crippen molar-refractivity contribution in [1.29, 1.82) is 0 Å². The van der Waals surface area contributed by atoms with Gasteiger partial charge in [0, 0.05) is 13.7 Å². The van der Waals surface area contributed by atoms with Gasteiger partial charge < -0.3 is 14.4 Å². The molecule has 0 saturated heterocycles. The second kappa shape index (κ2) is 4.57.